The Kier molecular flexibility index (Phi) is 16.4. The van der Waals surface area contributed by atoms with Gasteiger partial charge in [0.1, 0.15) is 23.7 Å². The maximum atomic E-state index is 14.7. The zero-order valence-corrected chi connectivity index (χ0v) is 35.8. The van der Waals surface area contributed by atoms with Crippen LogP contribution in [-0.4, -0.2) is 83.1 Å². The number of benzene rings is 3. The number of H-pyrrole nitrogens is 1. The first-order valence-electron chi connectivity index (χ1n) is 20.5. The van der Waals surface area contributed by atoms with Crippen LogP contribution in [0.5, 0.6) is 0 Å². The number of aromatic amines is 1. The van der Waals surface area contributed by atoms with Crippen LogP contribution in [0.3, 0.4) is 0 Å². The summed E-state index contributed by atoms with van der Waals surface area (Å²) in [6.07, 6.45) is 4.81. The second kappa shape index (κ2) is 21.9. The van der Waals surface area contributed by atoms with Crippen LogP contribution in [0, 0.1) is 0 Å². The number of carbonyl (C=O) groups is 6. The molecular weight excluding hydrogens is 844 g/mol. The Morgan fingerprint density at radius 3 is 2.26 bits per heavy atom. The Balaban J connectivity index is 1.44. The fourth-order valence-corrected chi connectivity index (χ4v) is 8.13. The summed E-state index contributed by atoms with van der Waals surface area (Å²) in [7, 11) is 0. The molecule has 61 heavy (non-hydrogen) atoms. The lowest BCUT2D eigenvalue weighted by Crippen LogP contribution is -2.65. The lowest BCUT2D eigenvalue weighted by Gasteiger charge is -2.39. The average Bonchev–Trinajstić information content (AvgIpc) is 3.65. The summed E-state index contributed by atoms with van der Waals surface area (Å²) in [5, 5.41) is 15.0. The van der Waals surface area contributed by atoms with Crippen molar-refractivity contribution in [2.24, 2.45) is 22.2 Å². The second-order valence-corrected chi connectivity index (χ2v) is 16.2. The number of nitrogens with one attached hydrogen (secondary N) is 6. The molecule has 0 bridgehead atoms. The summed E-state index contributed by atoms with van der Waals surface area (Å²) >= 11 is 3.63. The summed E-state index contributed by atoms with van der Waals surface area (Å²) in [6.45, 7) is 1.66. The van der Waals surface area contributed by atoms with Crippen molar-refractivity contribution < 1.29 is 28.8 Å². The molecule has 6 amide bonds. The Morgan fingerprint density at radius 2 is 1.52 bits per heavy atom. The number of rotatable bonds is 21. The van der Waals surface area contributed by atoms with Crippen molar-refractivity contribution in [3.63, 3.8) is 0 Å². The molecule has 1 aliphatic rings. The lowest BCUT2D eigenvalue weighted by atomic mass is 9.76. The maximum Gasteiger partial charge on any atom is 0.246 e. The Bertz CT molecular complexity index is 2230. The number of halogens is 1. The minimum atomic E-state index is -1.36. The van der Waals surface area contributed by atoms with Crippen LogP contribution >= 0.6 is 15.9 Å². The van der Waals surface area contributed by atoms with Gasteiger partial charge in [-0.1, -0.05) is 89.9 Å². The molecule has 4 aromatic rings. The lowest BCUT2D eigenvalue weighted by molar-refractivity contribution is -0.137. The molecule has 12 N–H and O–H groups in total. The fourth-order valence-electron chi connectivity index (χ4n) is 7.52. The molecule has 0 spiro atoms. The van der Waals surface area contributed by atoms with Gasteiger partial charge in [0.15, 0.2) is 5.96 Å². The molecule has 3 aromatic carbocycles. The smallest absolute Gasteiger partial charge is 0.246 e. The van der Waals surface area contributed by atoms with Gasteiger partial charge in [0, 0.05) is 53.8 Å². The third-order valence-electron chi connectivity index (χ3n) is 10.7. The number of primary amides is 1. The van der Waals surface area contributed by atoms with Crippen LogP contribution in [0.2, 0.25) is 0 Å². The zero-order chi connectivity index (χ0) is 43.9. The number of unbranched alkanes of at least 4 members (excludes halogenated alkanes) is 1. The number of carbonyl (C=O) groups excluding carboxylic acids is 6. The fraction of sp³-hybridized carbons (Fsp3) is 0.386. The van der Waals surface area contributed by atoms with Gasteiger partial charge in [-0.3, -0.25) is 33.8 Å². The van der Waals surface area contributed by atoms with Crippen LogP contribution in [0.4, 0.5) is 0 Å². The van der Waals surface area contributed by atoms with E-state index >= 15 is 0 Å². The maximum absolute atomic E-state index is 14.7. The predicted octanol–water partition coefficient (Wildman–Crippen LogP) is 2.06. The number of nitrogens with two attached hydrogens (primary N) is 3. The normalized spacial score (nSPS) is 15.9. The molecule has 17 heteroatoms. The van der Waals surface area contributed by atoms with Gasteiger partial charge in [0.2, 0.25) is 35.4 Å². The van der Waals surface area contributed by atoms with E-state index in [2.05, 4.69) is 52.5 Å². The molecule has 1 aliphatic carbocycles. The third-order valence-corrected chi connectivity index (χ3v) is 11.5. The van der Waals surface area contributed by atoms with Gasteiger partial charge in [-0.05, 0) is 66.5 Å². The number of para-hydroxylation sites is 1. The number of guanidine groups is 1. The molecule has 0 unspecified atom stereocenters. The van der Waals surface area contributed by atoms with E-state index in [1.54, 1.807) is 6.20 Å². The van der Waals surface area contributed by atoms with Crippen LogP contribution in [0.1, 0.15) is 67.7 Å². The number of nitrogens with zero attached hydrogens (tertiary/aromatic N) is 1. The van der Waals surface area contributed by atoms with E-state index < -0.39 is 59.7 Å². The number of fused-ring (bicyclic) bond motifs is 2. The SMILES string of the molecule is CCCCC(=O)N[C@@]1(C(=O)N[C@H](Cc2ccccc2)C(=O)N[C@@H](CCCN=C(N)N)C(=O)N[C@@H](Cc2c[nH]c3ccccc23)C(=O)NCC(N)=O)CCc2c(Br)cccc2C1. The monoisotopic (exact) mass is 898 g/mol. The van der Waals surface area contributed by atoms with Crippen molar-refractivity contribution in [2.75, 3.05) is 13.1 Å². The first-order chi connectivity index (χ1) is 29.3. The summed E-state index contributed by atoms with van der Waals surface area (Å²) in [6, 6.07) is 18.7. The van der Waals surface area contributed by atoms with Crippen molar-refractivity contribution in [3.8, 4) is 0 Å². The van der Waals surface area contributed by atoms with Gasteiger partial charge in [0.25, 0.3) is 0 Å². The van der Waals surface area contributed by atoms with E-state index in [4.69, 9.17) is 17.2 Å². The van der Waals surface area contributed by atoms with Gasteiger partial charge in [-0.2, -0.15) is 0 Å². The van der Waals surface area contributed by atoms with E-state index in [0.717, 1.165) is 44.1 Å². The van der Waals surface area contributed by atoms with Crippen LogP contribution < -0.4 is 43.8 Å². The molecule has 5 rings (SSSR count). The summed E-state index contributed by atoms with van der Waals surface area (Å²) < 4.78 is 0.913. The van der Waals surface area contributed by atoms with Crippen LogP contribution in [0.25, 0.3) is 10.9 Å². The van der Waals surface area contributed by atoms with Crippen molar-refractivity contribution in [1.29, 1.82) is 0 Å². The largest absolute Gasteiger partial charge is 0.370 e. The van der Waals surface area contributed by atoms with Gasteiger partial charge >= 0.3 is 0 Å². The number of aliphatic imine (C=N–C) groups is 1. The predicted molar refractivity (Wildman–Crippen MR) is 237 cm³/mol. The van der Waals surface area contributed by atoms with Crippen molar-refractivity contribution >= 4 is 68.2 Å². The molecular formula is C44H55BrN10O6. The Hall–Kier alpha value is -6.23. The van der Waals surface area contributed by atoms with E-state index in [9.17, 15) is 28.8 Å². The summed E-state index contributed by atoms with van der Waals surface area (Å²) in [5.74, 6) is -3.74. The highest BCUT2D eigenvalue weighted by atomic mass is 79.9. The molecule has 0 fully saturated rings. The first kappa shape index (κ1) is 45.8. The summed E-state index contributed by atoms with van der Waals surface area (Å²) in [4.78, 5) is 89.1. The molecule has 0 aliphatic heterocycles. The molecule has 1 heterocycles. The second-order valence-electron chi connectivity index (χ2n) is 15.3. The van der Waals surface area contributed by atoms with Gasteiger partial charge in [-0.15, -0.1) is 0 Å². The van der Waals surface area contributed by atoms with Gasteiger partial charge in [-0.25, -0.2) is 0 Å². The first-order valence-corrected chi connectivity index (χ1v) is 21.3. The molecule has 0 saturated carbocycles. The Morgan fingerprint density at radius 1 is 0.820 bits per heavy atom. The molecule has 324 valence electrons. The standard InChI is InChI=1S/C44H55BrN10O6/c1-2-3-18-38(57)55-44(20-19-30-28(24-44)13-9-15-32(30)45)42(61)54-35(22-27-11-5-4-6-12-27)41(60)52-34(17-10-21-49-43(47)48)40(59)53-36(39(58)51-26-37(46)56)23-29-25-50-33-16-8-7-14-31(29)33/h4-9,11-16,25,34-36,50H,2-3,10,17-24,26H2,1H3,(H2,46,56)(H,51,58)(H,52,60)(H,53,59)(H,54,61)(H,55,57)(H4,47,48,49)/t34-,35+,36-,44-/m0/s1. The number of hydrogen-bond acceptors (Lipinski definition) is 7. The molecule has 0 radical (unpaired) electrons. The molecule has 4 atom stereocenters. The van der Waals surface area contributed by atoms with Crippen molar-refractivity contribution in [2.45, 2.75) is 94.8 Å². The van der Waals surface area contributed by atoms with E-state index in [-0.39, 0.29) is 63.4 Å². The highest BCUT2D eigenvalue weighted by molar-refractivity contribution is 9.10. The number of hydrogen-bond donors (Lipinski definition) is 9. The van der Waals surface area contributed by atoms with E-state index in [1.807, 2.05) is 79.7 Å². The molecule has 16 nitrogen and oxygen atoms in total. The number of aromatic nitrogens is 1. The Labute approximate surface area is 363 Å². The van der Waals surface area contributed by atoms with E-state index in [1.165, 1.54) is 0 Å². The zero-order valence-electron chi connectivity index (χ0n) is 34.2. The highest BCUT2D eigenvalue weighted by Crippen LogP contribution is 2.34. The van der Waals surface area contributed by atoms with Gasteiger partial charge in [0.05, 0.1) is 6.54 Å². The van der Waals surface area contributed by atoms with Crippen molar-refractivity contribution in [1.82, 2.24) is 31.6 Å². The van der Waals surface area contributed by atoms with Gasteiger partial charge < -0.3 is 48.8 Å². The van der Waals surface area contributed by atoms with E-state index in [0.29, 0.717) is 12.8 Å². The van der Waals surface area contributed by atoms with Crippen LogP contribution in [0.15, 0.2) is 88.5 Å². The summed E-state index contributed by atoms with van der Waals surface area (Å²) in [5.41, 5.74) is 19.3. The topological polar surface area (TPSA) is 269 Å². The number of amides is 6. The minimum Gasteiger partial charge on any atom is -0.370 e. The highest BCUT2D eigenvalue weighted by Gasteiger charge is 2.44. The third kappa shape index (κ3) is 12.9. The minimum absolute atomic E-state index is 0.0352. The van der Waals surface area contributed by atoms with Crippen molar-refractivity contribution in [3.05, 3.63) is 106 Å². The average molecular weight is 900 g/mol. The molecule has 0 saturated heterocycles. The quantitative estimate of drug-likeness (QED) is 0.0339. The van der Waals surface area contributed by atoms with Crippen LogP contribution in [-0.2, 0) is 54.5 Å². The molecule has 1 aromatic heterocycles.